The zero-order valence-corrected chi connectivity index (χ0v) is 12.0. The zero-order chi connectivity index (χ0) is 15.6. The minimum atomic E-state index is -1.23. The van der Waals surface area contributed by atoms with Crippen molar-refractivity contribution in [3.8, 4) is 5.75 Å². The molecule has 6 heteroatoms. The fourth-order valence-electron chi connectivity index (χ4n) is 2.01. The van der Waals surface area contributed by atoms with Crippen LogP contribution in [0.2, 0.25) is 0 Å². The lowest BCUT2D eigenvalue weighted by Crippen LogP contribution is -2.27. The average Bonchev–Trinajstić information content (AvgIpc) is 2.46. The molecule has 21 heavy (non-hydrogen) atoms. The Bertz CT molecular complexity index is 717. The summed E-state index contributed by atoms with van der Waals surface area (Å²) in [5, 5.41) is 9.01. The van der Waals surface area contributed by atoms with Crippen LogP contribution in [0.1, 0.15) is 35.7 Å². The van der Waals surface area contributed by atoms with Gasteiger partial charge in [-0.1, -0.05) is 12.1 Å². The molecule has 2 N–H and O–H groups in total. The topological polar surface area (TPSA) is 92.3 Å². The molecule has 0 aliphatic carbocycles. The lowest BCUT2D eigenvalue weighted by molar-refractivity contribution is 0.0689. The number of carbonyl (C=O) groups is 1. The standard InChI is InChI=1S/C15H16N2O4/c1-15(2,9-4-6-10(21-3)7-5-9)14-16-11(13(19)20)8-12(18)17-14/h4-8H,1-3H3,(H,19,20)(H,16,17,18). The van der Waals surface area contributed by atoms with Crippen molar-refractivity contribution in [2.75, 3.05) is 7.11 Å². The van der Waals surface area contributed by atoms with E-state index < -0.39 is 16.9 Å². The summed E-state index contributed by atoms with van der Waals surface area (Å²) in [6, 6.07) is 8.28. The maximum atomic E-state index is 11.6. The van der Waals surface area contributed by atoms with Gasteiger partial charge in [0.05, 0.1) is 7.11 Å². The maximum absolute atomic E-state index is 11.6. The molecule has 0 radical (unpaired) electrons. The van der Waals surface area contributed by atoms with Gasteiger partial charge in [0.1, 0.15) is 11.6 Å². The fraction of sp³-hybridized carbons (Fsp3) is 0.267. The van der Waals surface area contributed by atoms with Crippen LogP contribution in [0.4, 0.5) is 0 Å². The number of aromatic carboxylic acids is 1. The number of hydrogen-bond acceptors (Lipinski definition) is 4. The molecule has 0 saturated carbocycles. The molecular weight excluding hydrogens is 272 g/mol. The van der Waals surface area contributed by atoms with E-state index in [1.165, 1.54) is 0 Å². The number of aromatic amines is 1. The molecule has 0 bridgehead atoms. The van der Waals surface area contributed by atoms with Gasteiger partial charge in [-0.2, -0.15) is 0 Å². The van der Waals surface area contributed by atoms with Crippen LogP contribution >= 0.6 is 0 Å². The molecule has 0 saturated heterocycles. The molecule has 2 rings (SSSR count). The molecule has 2 aromatic rings. The number of benzene rings is 1. The SMILES string of the molecule is COc1ccc(C(C)(C)c2nc(C(=O)O)cc(=O)[nH]2)cc1. The summed E-state index contributed by atoms with van der Waals surface area (Å²) in [5.74, 6) is -0.208. The Kier molecular flexibility index (Phi) is 3.80. The van der Waals surface area contributed by atoms with Crippen LogP contribution in [-0.4, -0.2) is 28.2 Å². The summed E-state index contributed by atoms with van der Waals surface area (Å²) in [6.45, 7) is 3.72. The van der Waals surface area contributed by atoms with Crippen molar-refractivity contribution in [1.29, 1.82) is 0 Å². The minimum absolute atomic E-state index is 0.268. The summed E-state index contributed by atoms with van der Waals surface area (Å²) in [5.41, 5.74) is -0.514. The normalized spacial score (nSPS) is 11.2. The molecule has 0 unspecified atom stereocenters. The van der Waals surface area contributed by atoms with Crippen molar-refractivity contribution >= 4 is 5.97 Å². The molecule has 1 heterocycles. The molecule has 0 aliphatic rings. The summed E-state index contributed by atoms with van der Waals surface area (Å²) in [6.07, 6.45) is 0. The lowest BCUT2D eigenvalue weighted by atomic mass is 9.83. The van der Waals surface area contributed by atoms with Gasteiger partial charge in [0.2, 0.25) is 0 Å². The second-order valence-electron chi connectivity index (χ2n) is 5.14. The Balaban J connectivity index is 2.51. The van der Waals surface area contributed by atoms with E-state index >= 15 is 0 Å². The third-order valence-electron chi connectivity index (χ3n) is 3.36. The fourth-order valence-corrected chi connectivity index (χ4v) is 2.01. The van der Waals surface area contributed by atoms with Crippen LogP contribution in [0, 0.1) is 0 Å². The second kappa shape index (κ2) is 5.40. The third-order valence-corrected chi connectivity index (χ3v) is 3.36. The number of rotatable bonds is 4. The maximum Gasteiger partial charge on any atom is 0.354 e. The van der Waals surface area contributed by atoms with Crippen molar-refractivity contribution < 1.29 is 14.6 Å². The largest absolute Gasteiger partial charge is 0.497 e. The van der Waals surface area contributed by atoms with E-state index in [2.05, 4.69) is 9.97 Å². The molecular formula is C15H16N2O4. The van der Waals surface area contributed by atoms with Gasteiger partial charge in [0, 0.05) is 11.5 Å². The predicted molar refractivity (Wildman–Crippen MR) is 76.9 cm³/mol. The number of methoxy groups -OCH3 is 1. The number of carboxylic acids is 1. The van der Waals surface area contributed by atoms with Crippen molar-refractivity contribution in [2.45, 2.75) is 19.3 Å². The molecule has 6 nitrogen and oxygen atoms in total. The van der Waals surface area contributed by atoms with Crippen molar-refractivity contribution in [2.24, 2.45) is 0 Å². The highest BCUT2D eigenvalue weighted by molar-refractivity contribution is 5.85. The van der Waals surface area contributed by atoms with Crippen molar-refractivity contribution in [3.05, 3.63) is 57.8 Å². The van der Waals surface area contributed by atoms with Gasteiger partial charge >= 0.3 is 5.97 Å². The number of nitrogens with zero attached hydrogens (tertiary/aromatic N) is 1. The highest BCUT2D eigenvalue weighted by Gasteiger charge is 2.27. The smallest absolute Gasteiger partial charge is 0.354 e. The lowest BCUT2D eigenvalue weighted by Gasteiger charge is -2.24. The first-order valence-corrected chi connectivity index (χ1v) is 6.34. The Labute approximate surface area is 121 Å². The Morgan fingerprint density at radius 3 is 2.43 bits per heavy atom. The third kappa shape index (κ3) is 2.94. The highest BCUT2D eigenvalue weighted by atomic mass is 16.5. The minimum Gasteiger partial charge on any atom is -0.497 e. The van der Waals surface area contributed by atoms with Crippen LogP contribution in [0.15, 0.2) is 35.1 Å². The Morgan fingerprint density at radius 1 is 1.29 bits per heavy atom. The van der Waals surface area contributed by atoms with Crippen LogP contribution in [-0.2, 0) is 5.41 Å². The van der Waals surface area contributed by atoms with E-state index in [1.54, 1.807) is 19.2 Å². The number of aromatic nitrogens is 2. The number of ether oxygens (including phenoxy) is 1. The number of hydrogen-bond donors (Lipinski definition) is 2. The van der Waals surface area contributed by atoms with Crippen LogP contribution in [0.3, 0.4) is 0 Å². The molecule has 1 aromatic carbocycles. The van der Waals surface area contributed by atoms with E-state index in [0.29, 0.717) is 5.82 Å². The molecule has 0 spiro atoms. The first-order chi connectivity index (χ1) is 9.84. The van der Waals surface area contributed by atoms with Gasteiger partial charge in [0.15, 0.2) is 5.69 Å². The van der Waals surface area contributed by atoms with Crippen molar-refractivity contribution in [3.63, 3.8) is 0 Å². The van der Waals surface area contributed by atoms with E-state index in [9.17, 15) is 9.59 Å². The van der Waals surface area contributed by atoms with Gasteiger partial charge in [-0.05, 0) is 31.5 Å². The van der Waals surface area contributed by atoms with E-state index in [1.807, 2.05) is 26.0 Å². The molecule has 110 valence electrons. The van der Waals surface area contributed by atoms with Gasteiger partial charge < -0.3 is 14.8 Å². The van der Waals surface area contributed by atoms with Gasteiger partial charge in [-0.15, -0.1) is 0 Å². The highest BCUT2D eigenvalue weighted by Crippen LogP contribution is 2.29. The molecule has 0 amide bonds. The molecule has 0 fully saturated rings. The quantitative estimate of drug-likeness (QED) is 0.895. The van der Waals surface area contributed by atoms with Crippen LogP contribution < -0.4 is 10.3 Å². The zero-order valence-electron chi connectivity index (χ0n) is 12.0. The Morgan fingerprint density at radius 2 is 1.90 bits per heavy atom. The predicted octanol–water partition coefficient (Wildman–Crippen LogP) is 1.80. The summed E-state index contributed by atoms with van der Waals surface area (Å²) in [4.78, 5) is 29.3. The molecule has 1 aromatic heterocycles. The first-order valence-electron chi connectivity index (χ1n) is 6.34. The molecule has 0 aliphatic heterocycles. The summed E-state index contributed by atoms with van der Waals surface area (Å²) in [7, 11) is 1.58. The molecule has 0 atom stereocenters. The average molecular weight is 288 g/mol. The number of nitrogens with one attached hydrogen (secondary N) is 1. The first kappa shape index (κ1) is 14.8. The van der Waals surface area contributed by atoms with E-state index in [4.69, 9.17) is 9.84 Å². The van der Waals surface area contributed by atoms with Gasteiger partial charge in [0.25, 0.3) is 5.56 Å². The second-order valence-corrected chi connectivity index (χ2v) is 5.14. The number of H-pyrrole nitrogens is 1. The number of carboxylic acid groups (broad SMARTS) is 1. The van der Waals surface area contributed by atoms with E-state index in [0.717, 1.165) is 17.4 Å². The van der Waals surface area contributed by atoms with Gasteiger partial charge in [-0.25, -0.2) is 9.78 Å². The monoisotopic (exact) mass is 288 g/mol. The summed E-state index contributed by atoms with van der Waals surface area (Å²) < 4.78 is 5.11. The van der Waals surface area contributed by atoms with E-state index in [-0.39, 0.29) is 5.69 Å². The van der Waals surface area contributed by atoms with Gasteiger partial charge in [-0.3, -0.25) is 4.79 Å². The summed E-state index contributed by atoms with van der Waals surface area (Å²) >= 11 is 0. The Hall–Kier alpha value is -2.63. The van der Waals surface area contributed by atoms with Crippen LogP contribution in [0.25, 0.3) is 0 Å². The van der Waals surface area contributed by atoms with Crippen LogP contribution in [0.5, 0.6) is 5.75 Å². The van der Waals surface area contributed by atoms with Crippen molar-refractivity contribution in [1.82, 2.24) is 9.97 Å².